The van der Waals surface area contributed by atoms with Crippen LogP contribution in [0.1, 0.15) is 19.4 Å². The first-order valence-corrected chi connectivity index (χ1v) is 5.22. The van der Waals surface area contributed by atoms with Gasteiger partial charge in [0, 0.05) is 19.7 Å². The Labute approximate surface area is 104 Å². The number of hydrogen-bond acceptors (Lipinski definition) is 6. The molecule has 0 saturated heterocycles. The summed E-state index contributed by atoms with van der Waals surface area (Å²) in [7, 11) is 1.66. The van der Waals surface area contributed by atoms with Crippen molar-refractivity contribution in [1.82, 2.24) is 4.98 Å². The summed E-state index contributed by atoms with van der Waals surface area (Å²) in [5.41, 5.74) is -1.08. The van der Waals surface area contributed by atoms with Gasteiger partial charge < -0.3 is 10.0 Å². The van der Waals surface area contributed by atoms with E-state index in [0.717, 1.165) is 6.20 Å². The number of nitriles is 1. The molecule has 0 aliphatic heterocycles. The molecule has 0 fully saturated rings. The standard InChI is InChI=1S/C11H14N4O3/c1-11(2,16)7-14(3)10-8(5-12)4-9(6-13-10)15(17)18/h4,6,16H,7H2,1-3H3. The van der Waals surface area contributed by atoms with E-state index in [1.54, 1.807) is 25.8 Å². The highest BCUT2D eigenvalue weighted by atomic mass is 16.6. The van der Waals surface area contributed by atoms with Gasteiger partial charge in [-0.05, 0) is 13.8 Å². The molecule has 0 radical (unpaired) electrons. The van der Waals surface area contributed by atoms with Gasteiger partial charge in [0.25, 0.3) is 5.69 Å². The minimum atomic E-state index is -0.953. The van der Waals surface area contributed by atoms with Gasteiger partial charge in [-0.25, -0.2) is 4.98 Å². The lowest BCUT2D eigenvalue weighted by Gasteiger charge is -2.26. The van der Waals surface area contributed by atoms with Crippen molar-refractivity contribution in [2.75, 3.05) is 18.5 Å². The minimum Gasteiger partial charge on any atom is -0.389 e. The van der Waals surface area contributed by atoms with Crippen LogP contribution in [0.2, 0.25) is 0 Å². The Morgan fingerprint density at radius 2 is 2.28 bits per heavy atom. The predicted octanol–water partition coefficient (Wildman–Crippen LogP) is 1.07. The molecule has 1 aromatic rings. The summed E-state index contributed by atoms with van der Waals surface area (Å²) in [6.07, 6.45) is 1.09. The van der Waals surface area contributed by atoms with Crippen LogP contribution in [0.4, 0.5) is 11.5 Å². The highest BCUT2D eigenvalue weighted by Gasteiger charge is 2.20. The molecule has 1 heterocycles. The maximum atomic E-state index is 10.6. The van der Waals surface area contributed by atoms with Crippen LogP contribution in [0.25, 0.3) is 0 Å². The number of likely N-dealkylation sites (N-methyl/N-ethyl adjacent to an activating group) is 1. The monoisotopic (exact) mass is 250 g/mol. The molecule has 0 aliphatic rings. The minimum absolute atomic E-state index is 0.107. The Balaban J connectivity index is 3.11. The van der Waals surface area contributed by atoms with E-state index in [1.165, 1.54) is 6.07 Å². The fourth-order valence-electron chi connectivity index (χ4n) is 1.59. The highest BCUT2D eigenvalue weighted by molar-refractivity contribution is 5.56. The number of aromatic nitrogens is 1. The molecule has 96 valence electrons. The molecular formula is C11H14N4O3. The van der Waals surface area contributed by atoms with Gasteiger partial charge in [0.1, 0.15) is 23.6 Å². The molecule has 0 aromatic carbocycles. The summed E-state index contributed by atoms with van der Waals surface area (Å²) in [4.78, 5) is 15.5. The third-order valence-electron chi connectivity index (χ3n) is 2.17. The fraction of sp³-hybridized carbons (Fsp3) is 0.455. The van der Waals surface area contributed by atoms with Gasteiger partial charge in [-0.3, -0.25) is 10.1 Å². The second kappa shape index (κ2) is 4.98. The van der Waals surface area contributed by atoms with Gasteiger partial charge in [-0.15, -0.1) is 0 Å². The zero-order valence-electron chi connectivity index (χ0n) is 10.4. The summed E-state index contributed by atoms with van der Waals surface area (Å²) in [5.74, 6) is 0.310. The average molecular weight is 250 g/mol. The predicted molar refractivity (Wildman–Crippen MR) is 65.2 cm³/mol. The number of pyridine rings is 1. The van der Waals surface area contributed by atoms with Gasteiger partial charge in [0.2, 0.25) is 0 Å². The van der Waals surface area contributed by atoms with Crippen LogP contribution >= 0.6 is 0 Å². The second-order valence-corrected chi connectivity index (χ2v) is 4.60. The number of hydrogen-bond donors (Lipinski definition) is 1. The molecule has 0 aliphatic carbocycles. The van der Waals surface area contributed by atoms with E-state index in [0.29, 0.717) is 5.82 Å². The third kappa shape index (κ3) is 3.40. The van der Waals surface area contributed by atoms with E-state index in [4.69, 9.17) is 5.26 Å². The first kappa shape index (κ1) is 13.9. The lowest BCUT2D eigenvalue weighted by Crippen LogP contribution is -2.37. The molecule has 7 nitrogen and oxygen atoms in total. The van der Waals surface area contributed by atoms with Crippen LogP contribution < -0.4 is 4.90 Å². The quantitative estimate of drug-likeness (QED) is 0.633. The highest BCUT2D eigenvalue weighted by Crippen LogP contribution is 2.22. The van der Waals surface area contributed by atoms with Crippen molar-refractivity contribution in [2.45, 2.75) is 19.4 Å². The Morgan fingerprint density at radius 3 is 2.72 bits per heavy atom. The van der Waals surface area contributed by atoms with Crippen molar-refractivity contribution in [3.63, 3.8) is 0 Å². The maximum absolute atomic E-state index is 10.6. The molecule has 18 heavy (non-hydrogen) atoms. The smallest absolute Gasteiger partial charge is 0.289 e. The lowest BCUT2D eigenvalue weighted by atomic mass is 10.1. The van der Waals surface area contributed by atoms with Crippen molar-refractivity contribution in [2.24, 2.45) is 0 Å². The normalized spacial score (nSPS) is 10.8. The summed E-state index contributed by atoms with van der Waals surface area (Å²) in [6.45, 7) is 3.51. The number of rotatable bonds is 4. The molecule has 1 aromatic heterocycles. The SMILES string of the molecule is CN(CC(C)(C)O)c1ncc([N+](=O)[O-])cc1C#N. The first-order valence-electron chi connectivity index (χ1n) is 5.22. The lowest BCUT2D eigenvalue weighted by molar-refractivity contribution is -0.385. The van der Waals surface area contributed by atoms with Crippen molar-refractivity contribution in [1.29, 1.82) is 5.26 Å². The van der Waals surface area contributed by atoms with E-state index in [9.17, 15) is 15.2 Å². The summed E-state index contributed by atoms with van der Waals surface area (Å²) in [5, 5.41) is 29.2. The molecule has 0 spiro atoms. The zero-order valence-corrected chi connectivity index (χ0v) is 10.4. The Morgan fingerprint density at radius 1 is 1.67 bits per heavy atom. The Hall–Kier alpha value is -2.20. The van der Waals surface area contributed by atoms with Gasteiger partial charge in [-0.1, -0.05) is 0 Å². The summed E-state index contributed by atoms with van der Waals surface area (Å²) < 4.78 is 0. The Bertz CT molecular complexity index is 502. The van der Waals surface area contributed by atoms with Crippen molar-refractivity contribution in [3.8, 4) is 6.07 Å². The number of aliphatic hydroxyl groups is 1. The maximum Gasteiger partial charge on any atom is 0.289 e. The van der Waals surface area contributed by atoms with E-state index in [2.05, 4.69) is 4.98 Å². The van der Waals surface area contributed by atoms with Crippen LogP contribution in [0, 0.1) is 21.4 Å². The molecule has 7 heteroatoms. The molecule has 0 amide bonds. The van der Waals surface area contributed by atoms with Gasteiger partial charge >= 0.3 is 0 Å². The summed E-state index contributed by atoms with van der Waals surface area (Å²) >= 11 is 0. The molecule has 1 N–H and O–H groups in total. The van der Waals surface area contributed by atoms with Crippen LogP contribution in [-0.2, 0) is 0 Å². The van der Waals surface area contributed by atoms with E-state index < -0.39 is 10.5 Å². The molecule has 0 bridgehead atoms. The molecule has 1 rings (SSSR count). The van der Waals surface area contributed by atoms with Crippen LogP contribution in [0.5, 0.6) is 0 Å². The van der Waals surface area contributed by atoms with Crippen LogP contribution in [-0.4, -0.2) is 34.2 Å². The van der Waals surface area contributed by atoms with Crippen LogP contribution in [0.3, 0.4) is 0 Å². The van der Waals surface area contributed by atoms with Crippen molar-refractivity contribution >= 4 is 11.5 Å². The molecule has 0 unspecified atom stereocenters. The average Bonchev–Trinajstić information content (AvgIpc) is 2.25. The van der Waals surface area contributed by atoms with Gasteiger partial charge in [0.05, 0.1) is 10.5 Å². The van der Waals surface area contributed by atoms with Gasteiger partial charge in [0.15, 0.2) is 0 Å². The van der Waals surface area contributed by atoms with Crippen molar-refractivity contribution < 1.29 is 10.0 Å². The van der Waals surface area contributed by atoms with E-state index in [1.807, 2.05) is 6.07 Å². The molecule has 0 saturated carbocycles. The largest absolute Gasteiger partial charge is 0.389 e. The van der Waals surface area contributed by atoms with Crippen molar-refractivity contribution in [3.05, 3.63) is 27.9 Å². The zero-order chi connectivity index (χ0) is 13.9. The second-order valence-electron chi connectivity index (χ2n) is 4.60. The van der Waals surface area contributed by atoms with Crippen LogP contribution in [0.15, 0.2) is 12.3 Å². The molecular weight excluding hydrogens is 236 g/mol. The number of anilines is 1. The third-order valence-corrected chi connectivity index (χ3v) is 2.17. The first-order chi connectivity index (χ1) is 8.24. The Kier molecular flexibility index (Phi) is 3.83. The van der Waals surface area contributed by atoms with E-state index in [-0.39, 0.29) is 17.8 Å². The number of nitro groups is 1. The molecule has 0 atom stereocenters. The van der Waals surface area contributed by atoms with E-state index >= 15 is 0 Å². The summed E-state index contributed by atoms with van der Waals surface area (Å²) in [6, 6.07) is 3.04. The number of nitrogens with zero attached hydrogens (tertiary/aromatic N) is 4. The topological polar surface area (TPSA) is 103 Å². The fourth-order valence-corrected chi connectivity index (χ4v) is 1.59. The van der Waals surface area contributed by atoms with Gasteiger partial charge in [-0.2, -0.15) is 5.26 Å².